The highest BCUT2D eigenvalue weighted by atomic mass is 16.6. The molecule has 5 aliphatic rings. The van der Waals surface area contributed by atoms with Crippen molar-refractivity contribution in [3.8, 4) is 0 Å². The number of esters is 1. The lowest BCUT2D eigenvalue weighted by Crippen LogP contribution is -2.61. The maximum absolute atomic E-state index is 14.6. The van der Waals surface area contributed by atoms with Gasteiger partial charge < -0.3 is 48.3 Å². The Morgan fingerprint density at radius 2 is 1.53 bits per heavy atom. The van der Waals surface area contributed by atoms with Crippen molar-refractivity contribution in [3.63, 3.8) is 0 Å². The molecule has 0 aromatic rings. The van der Waals surface area contributed by atoms with Gasteiger partial charge in [0.15, 0.2) is 5.78 Å². The van der Waals surface area contributed by atoms with E-state index in [2.05, 4.69) is 13.8 Å². The smallest absolute Gasteiger partial charge is 0.329 e. The molecule has 0 aromatic heterocycles. The third-order valence-corrected chi connectivity index (χ3v) is 16.5. The summed E-state index contributed by atoms with van der Waals surface area (Å²) in [7, 11) is 4.67. The Kier molecular flexibility index (Phi) is 22.4. The number of ether oxygens (including phenoxy) is 7. The number of amides is 1. The molecule has 1 saturated carbocycles. The molecule has 15 nitrogen and oxygen atoms in total. The van der Waals surface area contributed by atoms with Gasteiger partial charge in [-0.25, -0.2) is 4.79 Å². The maximum atomic E-state index is 14.6. The molecule has 4 fully saturated rings. The standard InChI is InChI=1S/C58H91NO14/c1-34-19-15-14-16-20-35(2)47(67-11)31-43-24-22-40(7)58(66,73-43)54(63)55(64)59-26-18-17-21-44(59)56(65)71-48(32-45(60)36(3)28-39(6)52(62)53(69-13)51(61)38(5)27-34)37(4)29-42-23-25-46(49(30-42)68-12)70-50-33-57(9,10)72-41(50)8/h14-16,19-20,28,34,36-38,40-44,46-50,52-53,62,66H,17-18,21-27,29-33H2,1-13H3/b16-14+,19-15+,35-20+,39-28+/t34-,36-,37+,38-,40-,41?,42-,43+,44+,46+,47+,48+,49?,50?,52?,53+,58-/m1/s1. The third kappa shape index (κ3) is 15.8. The Morgan fingerprint density at radius 3 is 2.19 bits per heavy atom. The number of allylic oxidation sites excluding steroid dienone is 6. The molecule has 2 bridgehead atoms. The fraction of sp³-hybridized carbons (Fsp3) is 0.776. The van der Waals surface area contributed by atoms with Crippen molar-refractivity contribution in [2.24, 2.45) is 35.5 Å². The number of aliphatic hydroxyl groups excluding tert-OH is 1. The number of piperidine rings is 1. The van der Waals surface area contributed by atoms with E-state index in [1.54, 1.807) is 41.1 Å². The van der Waals surface area contributed by atoms with Crippen LogP contribution in [0.3, 0.4) is 0 Å². The molecule has 1 amide bonds. The highest BCUT2D eigenvalue weighted by Crippen LogP contribution is 2.40. The first-order chi connectivity index (χ1) is 34.4. The Hall–Kier alpha value is -3.41. The lowest BCUT2D eigenvalue weighted by Gasteiger charge is -2.42. The summed E-state index contributed by atoms with van der Waals surface area (Å²) in [6.45, 7) is 19.1. The van der Waals surface area contributed by atoms with Gasteiger partial charge in [-0.2, -0.15) is 0 Å². The number of ketones is 3. The van der Waals surface area contributed by atoms with Crippen LogP contribution < -0.4 is 0 Å². The van der Waals surface area contributed by atoms with Crippen LogP contribution in [-0.4, -0.2) is 145 Å². The fourth-order valence-electron chi connectivity index (χ4n) is 11.9. The van der Waals surface area contributed by atoms with E-state index in [4.69, 9.17) is 33.2 Å². The highest BCUT2D eigenvalue weighted by molar-refractivity contribution is 6.39. The largest absolute Gasteiger partial charge is 0.460 e. The summed E-state index contributed by atoms with van der Waals surface area (Å²) >= 11 is 0. The number of rotatable bonds is 8. The SMILES string of the molecule is COC1C[C@@H](C[C@H](C)[C@@H]2CC(=O)[C@H](C)/C=C(\C)C(O)[C@@H](OC)C(=O)[C@H](C)C[C@H](C)/C=C/C=C/C=C(\C)[C@@H](OC)C[C@@H]3CC[C@@H](C)[C@@](O)(O3)C(=O)C(=O)N3CCCC[C@H]3C(=O)O2)CC[C@@H]1OC1CC(C)(C)OC1C. The molecule has 15 heteroatoms. The van der Waals surface area contributed by atoms with E-state index >= 15 is 0 Å². The second-order valence-corrected chi connectivity index (χ2v) is 23.0. The quantitative estimate of drug-likeness (QED) is 0.134. The van der Waals surface area contributed by atoms with Gasteiger partial charge in [-0.05, 0) is 128 Å². The molecule has 4 unspecified atom stereocenters. The molecule has 0 spiro atoms. The number of cyclic esters (lactones) is 1. The van der Waals surface area contributed by atoms with Gasteiger partial charge in [0.25, 0.3) is 11.7 Å². The molecule has 0 aromatic carbocycles. The second-order valence-electron chi connectivity index (χ2n) is 23.0. The summed E-state index contributed by atoms with van der Waals surface area (Å²) in [5, 5.41) is 23.6. The molecule has 0 radical (unpaired) electrons. The minimum absolute atomic E-state index is 0.0177. The average molecular weight is 1030 g/mol. The molecule has 412 valence electrons. The summed E-state index contributed by atoms with van der Waals surface area (Å²) in [5.74, 6) is -7.86. The van der Waals surface area contributed by atoms with Crippen molar-refractivity contribution in [1.29, 1.82) is 0 Å². The van der Waals surface area contributed by atoms with Gasteiger partial charge in [0.05, 0.1) is 42.2 Å². The third-order valence-electron chi connectivity index (χ3n) is 16.5. The van der Waals surface area contributed by atoms with E-state index in [0.717, 1.165) is 24.8 Å². The molecule has 17 atom stereocenters. The first-order valence-corrected chi connectivity index (χ1v) is 27.2. The van der Waals surface area contributed by atoms with Crippen molar-refractivity contribution in [3.05, 3.63) is 47.6 Å². The predicted molar refractivity (Wildman–Crippen MR) is 277 cm³/mol. The van der Waals surface area contributed by atoms with Gasteiger partial charge in [0, 0.05) is 64.9 Å². The number of hydrogen-bond donors (Lipinski definition) is 2. The predicted octanol–water partition coefficient (Wildman–Crippen LogP) is 8.16. The maximum Gasteiger partial charge on any atom is 0.329 e. The Labute approximate surface area is 436 Å². The average Bonchev–Trinajstić information content (AvgIpc) is 3.62. The van der Waals surface area contributed by atoms with E-state index in [1.807, 2.05) is 65.0 Å². The van der Waals surface area contributed by atoms with E-state index in [9.17, 15) is 34.2 Å². The number of carbonyl (C=O) groups is 5. The zero-order chi connectivity index (χ0) is 53.9. The lowest BCUT2D eigenvalue weighted by molar-refractivity contribution is -0.265. The van der Waals surface area contributed by atoms with Gasteiger partial charge in [-0.15, -0.1) is 0 Å². The topological polar surface area (TPSA) is 194 Å². The molecule has 5 rings (SSSR count). The van der Waals surface area contributed by atoms with Crippen LogP contribution in [0.15, 0.2) is 47.6 Å². The van der Waals surface area contributed by atoms with Crippen LogP contribution in [0, 0.1) is 35.5 Å². The van der Waals surface area contributed by atoms with Gasteiger partial charge in [-0.3, -0.25) is 19.2 Å². The molecule has 4 heterocycles. The zero-order valence-corrected chi connectivity index (χ0v) is 46.3. The molecule has 1 aliphatic carbocycles. The minimum Gasteiger partial charge on any atom is -0.460 e. The van der Waals surface area contributed by atoms with Crippen molar-refractivity contribution < 1.29 is 67.3 Å². The summed E-state index contributed by atoms with van der Waals surface area (Å²) in [6.07, 6.45) is 13.1. The normalized spacial score (nSPS) is 41.2. The molecule has 3 saturated heterocycles. The van der Waals surface area contributed by atoms with Crippen LogP contribution in [0.1, 0.15) is 153 Å². The summed E-state index contributed by atoms with van der Waals surface area (Å²) in [5.41, 5.74) is 1.01. The summed E-state index contributed by atoms with van der Waals surface area (Å²) < 4.78 is 42.9. The minimum atomic E-state index is -2.43. The molecule has 2 N–H and O–H groups in total. The van der Waals surface area contributed by atoms with Crippen LogP contribution in [0.25, 0.3) is 0 Å². The fourth-order valence-corrected chi connectivity index (χ4v) is 11.9. The van der Waals surface area contributed by atoms with Crippen molar-refractivity contribution in [1.82, 2.24) is 4.90 Å². The molecular formula is C58H91NO14. The zero-order valence-electron chi connectivity index (χ0n) is 46.3. The highest BCUT2D eigenvalue weighted by Gasteiger charge is 2.53. The van der Waals surface area contributed by atoms with Crippen LogP contribution >= 0.6 is 0 Å². The molecule has 73 heavy (non-hydrogen) atoms. The number of Topliss-reactive ketones (excluding diaryl/α,β-unsaturated/α-hetero) is 3. The number of aliphatic hydroxyl groups is 2. The van der Waals surface area contributed by atoms with Gasteiger partial charge in [0.2, 0.25) is 5.79 Å². The van der Waals surface area contributed by atoms with E-state index in [1.165, 1.54) is 12.0 Å². The number of hydrogen-bond acceptors (Lipinski definition) is 14. The van der Waals surface area contributed by atoms with Crippen LogP contribution in [-0.2, 0) is 57.1 Å². The van der Waals surface area contributed by atoms with Crippen LogP contribution in [0.2, 0.25) is 0 Å². The van der Waals surface area contributed by atoms with E-state index in [-0.39, 0.29) is 78.7 Å². The Balaban J connectivity index is 1.44. The number of nitrogens with zero attached hydrogens (tertiary/aromatic N) is 1. The summed E-state index contributed by atoms with van der Waals surface area (Å²) in [6, 6.07) is -1.14. The second kappa shape index (κ2) is 27.1. The van der Waals surface area contributed by atoms with Gasteiger partial charge in [0.1, 0.15) is 30.1 Å². The Bertz CT molecular complexity index is 2010. The summed E-state index contributed by atoms with van der Waals surface area (Å²) in [4.78, 5) is 72.7. The lowest BCUT2D eigenvalue weighted by atomic mass is 9.78. The number of methoxy groups -OCH3 is 3. The van der Waals surface area contributed by atoms with Gasteiger partial charge >= 0.3 is 5.97 Å². The monoisotopic (exact) mass is 1030 g/mol. The number of carbonyl (C=O) groups excluding carboxylic acids is 5. The first-order valence-electron chi connectivity index (χ1n) is 27.2. The van der Waals surface area contributed by atoms with E-state index < -0.39 is 77.8 Å². The Morgan fingerprint density at radius 1 is 0.808 bits per heavy atom. The van der Waals surface area contributed by atoms with Crippen LogP contribution in [0.4, 0.5) is 0 Å². The first kappa shape index (κ1) is 60.5. The van der Waals surface area contributed by atoms with Crippen LogP contribution in [0.5, 0.6) is 0 Å². The van der Waals surface area contributed by atoms with Crippen molar-refractivity contribution >= 4 is 29.2 Å². The number of fused-ring (bicyclic) bond motifs is 3. The molecule has 4 aliphatic heterocycles. The van der Waals surface area contributed by atoms with Crippen molar-refractivity contribution in [2.45, 2.75) is 225 Å². The molecular weight excluding hydrogens is 935 g/mol. The van der Waals surface area contributed by atoms with Gasteiger partial charge in [-0.1, -0.05) is 71.1 Å². The van der Waals surface area contributed by atoms with E-state index in [0.29, 0.717) is 56.9 Å². The van der Waals surface area contributed by atoms with Crippen molar-refractivity contribution in [2.75, 3.05) is 27.9 Å².